The molecule has 2 aliphatic rings. The summed E-state index contributed by atoms with van der Waals surface area (Å²) >= 11 is 1.66. The van der Waals surface area contributed by atoms with Crippen molar-refractivity contribution in [3.05, 3.63) is 34.7 Å². The van der Waals surface area contributed by atoms with E-state index in [1.54, 1.807) is 18.3 Å². The molecule has 2 aromatic heterocycles. The first-order valence-corrected chi connectivity index (χ1v) is 12.4. The Morgan fingerprint density at radius 1 is 1.18 bits per heavy atom. The molecule has 0 spiro atoms. The van der Waals surface area contributed by atoms with E-state index in [9.17, 15) is 4.79 Å². The summed E-state index contributed by atoms with van der Waals surface area (Å²) in [6, 6.07) is 8.11. The second-order valence-electron chi connectivity index (χ2n) is 8.27. The predicted molar refractivity (Wildman–Crippen MR) is 130 cm³/mol. The molecule has 9 nitrogen and oxygen atoms in total. The van der Waals surface area contributed by atoms with Gasteiger partial charge in [0, 0.05) is 37.4 Å². The number of piperidine rings is 1. The van der Waals surface area contributed by atoms with E-state index in [0.29, 0.717) is 58.2 Å². The fourth-order valence-electron chi connectivity index (χ4n) is 4.15. The second kappa shape index (κ2) is 9.92. The highest BCUT2D eigenvalue weighted by Gasteiger charge is 2.25. The van der Waals surface area contributed by atoms with Crippen LogP contribution in [0.5, 0.6) is 11.5 Å². The van der Waals surface area contributed by atoms with Crippen LogP contribution in [-0.2, 0) is 16.0 Å². The number of carbonyl (C=O) groups excluding carboxylic acids is 1. The van der Waals surface area contributed by atoms with Crippen LogP contribution in [0.25, 0.3) is 10.2 Å². The molecule has 1 N–H and O–H groups in total. The van der Waals surface area contributed by atoms with E-state index >= 15 is 0 Å². The normalized spacial score (nSPS) is 15.9. The van der Waals surface area contributed by atoms with Gasteiger partial charge in [-0.15, -0.1) is 11.3 Å². The summed E-state index contributed by atoms with van der Waals surface area (Å²) in [6.45, 7) is 7.33. The highest BCUT2D eigenvalue weighted by molar-refractivity contribution is 7.18. The Bertz CT molecular complexity index is 1180. The third-order valence-corrected chi connectivity index (χ3v) is 6.76. The average Bonchev–Trinajstić information content (AvgIpc) is 3.23. The van der Waals surface area contributed by atoms with Crippen LogP contribution in [-0.4, -0.2) is 55.1 Å². The topological polar surface area (TPSA) is 95.0 Å². The summed E-state index contributed by atoms with van der Waals surface area (Å²) in [5.74, 6) is 3.06. The van der Waals surface area contributed by atoms with E-state index in [4.69, 9.17) is 28.9 Å². The van der Waals surface area contributed by atoms with Gasteiger partial charge in [-0.25, -0.2) is 9.78 Å². The lowest BCUT2D eigenvalue weighted by Crippen LogP contribution is -2.39. The number of benzene rings is 1. The number of hydrogen-bond donors (Lipinski definition) is 1. The molecule has 0 aliphatic carbocycles. The Labute approximate surface area is 202 Å². The van der Waals surface area contributed by atoms with Gasteiger partial charge in [0.25, 0.3) is 0 Å². The summed E-state index contributed by atoms with van der Waals surface area (Å²) in [5.41, 5.74) is 1.08. The van der Waals surface area contributed by atoms with Crippen LogP contribution >= 0.6 is 11.3 Å². The minimum absolute atomic E-state index is 0.143. The van der Waals surface area contributed by atoms with Crippen molar-refractivity contribution in [1.82, 2.24) is 9.97 Å². The molecule has 0 amide bonds. The van der Waals surface area contributed by atoms with Crippen LogP contribution in [0.2, 0.25) is 0 Å². The maximum Gasteiger partial charge on any atom is 0.508 e. The Kier molecular flexibility index (Phi) is 6.57. The van der Waals surface area contributed by atoms with Crippen molar-refractivity contribution >= 4 is 39.5 Å². The van der Waals surface area contributed by atoms with Gasteiger partial charge < -0.3 is 29.2 Å². The first-order chi connectivity index (χ1) is 16.6. The first-order valence-electron chi connectivity index (χ1n) is 11.6. The molecule has 1 aromatic carbocycles. The molecular weight excluding hydrogens is 456 g/mol. The maximum atomic E-state index is 11.6. The molecule has 3 aromatic rings. The Balaban J connectivity index is 1.30. The average molecular weight is 485 g/mol. The number of rotatable bonds is 6. The van der Waals surface area contributed by atoms with Crippen molar-refractivity contribution in [1.29, 1.82) is 0 Å². The van der Waals surface area contributed by atoms with Gasteiger partial charge >= 0.3 is 6.16 Å². The van der Waals surface area contributed by atoms with Crippen LogP contribution in [0.3, 0.4) is 0 Å². The van der Waals surface area contributed by atoms with Crippen LogP contribution < -0.4 is 19.7 Å². The zero-order valence-electron chi connectivity index (χ0n) is 19.3. The number of fused-ring (bicyclic) bond motifs is 2. The highest BCUT2D eigenvalue weighted by atomic mass is 32.1. The third kappa shape index (κ3) is 4.96. The van der Waals surface area contributed by atoms with Gasteiger partial charge in [0.05, 0.1) is 12.0 Å². The van der Waals surface area contributed by atoms with Crippen molar-refractivity contribution in [2.75, 3.05) is 43.1 Å². The zero-order chi connectivity index (χ0) is 23.5. The summed E-state index contributed by atoms with van der Waals surface area (Å²) in [6.07, 6.45) is 0.682. The molecule has 180 valence electrons. The number of carbonyl (C=O) groups is 1. The van der Waals surface area contributed by atoms with Crippen molar-refractivity contribution in [3.63, 3.8) is 0 Å². The zero-order valence-corrected chi connectivity index (χ0v) is 20.2. The second-order valence-corrected chi connectivity index (χ2v) is 9.50. The molecule has 0 radical (unpaired) electrons. The number of ether oxygens (including phenoxy) is 4. The van der Waals surface area contributed by atoms with Crippen LogP contribution in [0.4, 0.5) is 16.6 Å². The van der Waals surface area contributed by atoms with E-state index in [1.807, 2.05) is 18.2 Å². The van der Waals surface area contributed by atoms with Crippen molar-refractivity contribution in [2.24, 2.45) is 0 Å². The molecule has 0 unspecified atom stereocenters. The van der Waals surface area contributed by atoms with E-state index in [2.05, 4.69) is 23.2 Å². The molecule has 1 fully saturated rings. The fourth-order valence-corrected chi connectivity index (χ4v) is 5.03. The molecule has 2 aliphatic heterocycles. The smallest absolute Gasteiger partial charge is 0.486 e. The monoisotopic (exact) mass is 484 g/mol. The third-order valence-electron chi connectivity index (χ3n) is 5.82. The lowest BCUT2D eigenvalue weighted by molar-refractivity contribution is 0.0183. The predicted octanol–water partition coefficient (Wildman–Crippen LogP) is 4.52. The Hall–Kier alpha value is -3.27. The Morgan fingerprint density at radius 2 is 1.97 bits per heavy atom. The SMILES string of the molecule is CCOC(=O)OC1CCN(c2nc(NCc3ccc4c(c3)OCCO4)c3cc(C)sc3n2)CC1. The molecular formula is C24H28N4O5S. The molecule has 0 saturated carbocycles. The van der Waals surface area contributed by atoms with E-state index < -0.39 is 6.16 Å². The molecule has 0 atom stereocenters. The summed E-state index contributed by atoms with van der Waals surface area (Å²) in [4.78, 5) is 25.6. The molecule has 4 heterocycles. The fraction of sp³-hybridized carbons (Fsp3) is 0.458. The minimum atomic E-state index is -0.599. The van der Waals surface area contributed by atoms with Gasteiger partial charge in [-0.05, 0) is 37.6 Å². The van der Waals surface area contributed by atoms with E-state index in [0.717, 1.165) is 33.1 Å². The van der Waals surface area contributed by atoms with Crippen LogP contribution in [0.15, 0.2) is 24.3 Å². The van der Waals surface area contributed by atoms with Gasteiger partial charge in [0.15, 0.2) is 11.5 Å². The van der Waals surface area contributed by atoms with Crippen LogP contribution in [0, 0.1) is 6.92 Å². The number of hydrogen-bond acceptors (Lipinski definition) is 10. The number of nitrogens with zero attached hydrogens (tertiary/aromatic N) is 3. The van der Waals surface area contributed by atoms with Crippen LogP contribution in [0.1, 0.15) is 30.2 Å². The maximum absolute atomic E-state index is 11.6. The van der Waals surface area contributed by atoms with Gasteiger partial charge in [0.2, 0.25) is 5.95 Å². The summed E-state index contributed by atoms with van der Waals surface area (Å²) in [5, 5.41) is 4.52. The standard InChI is InChI=1S/C24H28N4O5S/c1-3-30-24(29)33-17-6-8-28(9-7-17)23-26-21(18-12-15(2)34-22(18)27-23)25-14-16-4-5-19-20(13-16)32-11-10-31-19/h4-5,12-13,17H,3,6-11,14H2,1-2H3,(H,25,26,27). The molecule has 10 heteroatoms. The minimum Gasteiger partial charge on any atom is -0.486 e. The lowest BCUT2D eigenvalue weighted by Gasteiger charge is -2.31. The number of nitrogens with one attached hydrogen (secondary N) is 1. The van der Waals surface area contributed by atoms with Gasteiger partial charge in [-0.3, -0.25) is 0 Å². The summed E-state index contributed by atoms with van der Waals surface area (Å²) in [7, 11) is 0. The summed E-state index contributed by atoms with van der Waals surface area (Å²) < 4.78 is 21.6. The van der Waals surface area contributed by atoms with Gasteiger partial charge in [-0.2, -0.15) is 4.98 Å². The number of aromatic nitrogens is 2. The molecule has 5 rings (SSSR count). The van der Waals surface area contributed by atoms with E-state index in [-0.39, 0.29) is 6.10 Å². The van der Waals surface area contributed by atoms with Gasteiger partial charge in [-0.1, -0.05) is 6.07 Å². The molecule has 1 saturated heterocycles. The number of thiophene rings is 1. The lowest BCUT2D eigenvalue weighted by atomic mass is 10.1. The van der Waals surface area contributed by atoms with Gasteiger partial charge in [0.1, 0.15) is 30.0 Å². The van der Waals surface area contributed by atoms with E-state index in [1.165, 1.54) is 4.88 Å². The highest BCUT2D eigenvalue weighted by Crippen LogP contribution is 2.33. The Morgan fingerprint density at radius 3 is 2.76 bits per heavy atom. The molecule has 0 bridgehead atoms. The quantitative estimate of drug-likeness (QED) is 0.507. The number of anilines is 2. The molecule has 34 heavy (non-hydrogen) atoms. The largest absolute Gasteiger partial charge is 0.508 e. The van der Waals surface area contributed by atoms with Crippen molar-refractivity contribution < 1.29 is 23.7 Å². The first kappa shape index (κ1) is 22.5. The van der Waals surface area contributed by atoms with Crippen molar-refractivity contribution in [2.45, 2.75) is 39.3 Å². The number of aryl methyl sites for hydroxylation is 1. The van der Waals surface area contributed by atoms with Crippen molar-refractivity contribution in [3.8, 4) is 11.5 Å².